The molecule has 3 rings (SSSR count). The summed E-state index contributed by atoms with van der Waals surface area (Å²) < 4.78 is 0. The van der Waals surface area contributed by atoms with Crippen molar-refractivity contribution in [1.29, 1.82) is 5.26 Å². The molecule has 0 radical (unpaired) electrons. The van der Waals surface area contributed by atoms with E-state index in [1.165, 1.54) is 16.9 Å². The minimum absolute atomic E-state index is 0.0369. The molecule has 0 aliphatic heterocycles. The molecule has 2 amide bonds. The summed E-state index contributed by atoms with van der Waals surface area (Å²) in [7, 11) is 3.53. The van der Waals surface area contributed by atoms with Crippen LogP contribution >= 0.6 is 22.7 Å². The molecule has 7 N–H and O–H groups in total. The highest BCUT2D eigenvalue weighted by Gasteiger charge is 2.47. The third-order valence-corrected chi connectivity index (χ3v) is 9.44. The highest BCUT2D eigenvalue weighted by molar-refractivity contribution is 7.12. The minimum Gasteiger partial charge on any atom is -0.385 e. The van der Waals surface area contributed by atoms with Gasteiger partial charge in [-0.3, -0.25) is 9.59 Å². The fourth-order valence-corrected chi connectivity index (χ4v) is 6.71. The summed E-state index contributed by atoms with van der Waals surface area (Å²) in [6.07, 6.45) is 2.95. The molecule has 12 heteroatoms. The van der Waals surface area contributed by atoms with Gasteiger partial charge >= 0.3 is 0 Å². The topological polar surface area (TPSA) is 162 Å². The van der Waals surface area contributed by atoms with Crippen LogP contribution in [0.5, 0.6) is 0 Å². The zero-order valence-electron chi connectivity index (χ0n) is 26.4. The maximum atomic E-state index is 12.7. The number of thiophene rings is 2. The van der Waals surface area contributed by atoms with Crippen molar-refractivity contribution < 1.29 is 9.59 Å². The lowest BCUT2D eigenvalue weighted by atomic mass is 9.93. The van der Waals surface area contributed by atoms with Crippen LogP contribution < -0.4 is 27.7 Å². The number of nitrogens with zero attached hydrogens (tertiary/aromatic N) is 3. The fourth-order valence-electron chi connectivity index (χ4n) is 4.73. The van der Waals surface area contributed by atoms with Gasteiger partial charge in [0.15, 0.2) is 0 Å². The molecule has 0 saturated heterocycles. The van der Waals surface area contributed by atoms with E-state index in [0.29, 0.717) is 41.4 Å². The summed E-state index contributed by atoms with van der Waals surface area (Å²) in [5.41, 5.74) is 11.0. The Kier molecular flexibility index (Phi) is 17.0. The number of hydrazine groups is 1. The first-order valence-corrected chi connectivity index (χ1v) is 16.4. The number of carbonyl (C=O) groups excluding carboxylic acids is 2. The van der Waals surface area contributed by atoms with Crippen molar-refractivity contribution in [2.75, 3.05) is 20.6 Å². The molecule has 1 saturated carbocycles. The summed E-state index contributed by atoms with van der Waals surface area (Å²) >= 11 is 3.11. The standard InChI is InChI=1S/C25H39N7O2S2.C3H5N.C2H6/c1-14(29-12-21(33)32(5)22-15(2)16(22)3)10-19(24(26)30-31-27)23-18(8-9-35-23)7-6-17-11-20(36-13-17)25(34)28-4;1-2-3-4;1-2/h8-9,11,13-16,19,22,29,31H,6-7,10,12,27H2,1-5H3,(H2,26,30)(H,28,34);2H2,1H3;1-2H3/t14-,15+,16?,19?,22?;;/m1../s1. The van der Waals surface area contributed by atoms with Crippen molar-refractivity contribution in [1.82, 2.24) is 21.1 Å². The van der Waals surface area contributed by atoms with E-state index in [4.69, 9.17) is 16.8 Å². The number of hydrazone groups is 1. The fraction of sp³-hybridized carbons (Fsp3) is 0.600. The van der Waals surface area contributed by atoms with Crippen LogP contribution in [0.4, 0.5) is 0 Å². The smallest absolute Gasteiger partial charge is 0.261 e. The predicted molar refractivity (Wildman–Crippen MR) is 175 cm³/mol. The number of likely N-dealkylation sites (N-methyl/N-ethyl adjacent to an activating group) is 1. The van der Waals surface area contributed by atoms with Gasteiger partial charge in [-0.05, 0) is 72.0 Å². The van der Waals surface area contributed by atoms with Crippen molar-refractivity contribution in [2.45, 2.75) is 85.2 Å². The Labute approximate surface area is 259 Å². The van der Waals surface area contributed by atoms with E-state index in [-0.39, 0.29) is 30.3 Å². The summed E-state index contributed by atoms with van der Waals surface area (Å²) in [6, 6.07) is 6.38. The third kappa shape index (κ3) is 11.0. The van der Waals surface area contributed by atoms with E-state index in [1.807, 2.05) is 50.2 Å². The number of nitrogens with two attached hydrogens (primary N) is 2. The van der Waals surface area contributed by atoms with Crippen LogP contribution in [0.25, 0.3) is 0 Å². The van der Waals surface area contributed by atoms with Gasteiger partial charge in [0.05, 0.1) is 23.4 Å². The van der Waals surface area contributed by atoms with E-state index in [2.05, 4.69) is 53.5 Å². The molecule has 0 spiro atoms. The van der Waals surface area contributed by atoms with Gasteiger partial charge in [0.25, 0.3) is 5.91 Å². The van der Waals surface area contributed by atoms with E-state index in [9.17, 15) is 9.59 Å². The first-order chi connectivity index (χ1) is 20.1. The first-order valence-electron chi connectivity index (χ1n) is 14.6. The second-order valence-electron chi connectivity index (χ2n) is 10.2. The molecule has 2 aromatic heterocycles. The molecule has 234 valence electrons. The summed E-state index contributed by atoms with van der Waals surface area (Å²) in [5.74, 6) is 6.87. The normalized spacial score (nSPS) is 18.7. The van der Waals surface area contributed by atoms with E-state index in [1.54, 1.807) is 18.4 Å². The lowest BCUT2D eigenvalue weighted by Gasteiger charge is -2.23. The number of aryl methyl sites for hydroxylation is 2. The highest BCUT2D eigenvalue weighted by Crippen LogP contribution is 2.41. The number of amides is 2. The monoisotopic (exact) mass is 618 g/mol. The van der Waals surface area contributed by atoms with Gasteiger partial charge in [-0.1, -0.05) is 34.6 Å². The number of carbonyl (C=O) groups is 2. The van der Waals surface area contributed by atoms with Crippen molar-refractivity contribution in [3.63, 3.8) is 0 Å². The quantitative estimate of drug-likeness (QED) is 0.0973. The van der Waals surface area contributed by atoms with Crippen LogP contribution in [-0.2, 0) is 17.6 Å². The molecule has 0 aromatic carbocycles. The van der Waals surface area contributed by atoms with Crippen LogP contribution in [0.3, 0.4) is 0 Å². The molecule has 1 aliphatic rings. The number of nitrogens with one attached hydrogen (secondary N) is 3. The van der Waals surface area contributed by atoms with Gasteiger partial charge in [-0.15, -0.1) is 22.7 Å². The lowest BCUT2D eigenvalue weighted by molar-refractivity contribution is -0.129. The molecule has 2 heterocycles. The molecule has 42 heavy (non-hydrogen) atoms. The number of nitriles is 1. The molecule has 0 bridgehead atoms. The van der Waals surface area contributed by atoms with E-state index >= 15 is 0 Å². The average molecular weight is 619 g/mol. The van der Waals surface area contributed by atoms with Crippen molar-refractivity contribution in [3.05, 3.63) is 43.8 Å². The Morgan fingerprint density at radius 1 is 1.21 bits per heavy atom. The third-order valence-electron chi connectivity index (χ3n) is 7.39. The molecule has 3 unspecified atom stereocenters. The van der Waals surface area contributed by atoms with Gasteiger partial charge in [-0.2, -0.15) is 10.4 Å². The molecular formula is C30H50N8O2S2. The lowest BCUT2D eigenvalue weighted by Crippen LogP contribution is -2.42. The van der Waals surface area contributed by atoms with Gasteiger partial charge < -0.3 is 21.3 Å². The number of rotatable bonds is 13. The molecule has 2 aromatic rings. The van der Waals surface area contributed by atoms with Crippen molar-refractivity contribution in [3.8, 4) is 6.07 Å². The zero-order valence-corrected chi connectivity index (χ0v) is 28.0. The maximum absolute atomic E-state index is 12.7. The number of hydrogen-bond acceptors (Lipinski definition) is 9. The van der Waals surface area contributed by atoms with Crippen LogP contribution in [0, 0.1) is 23.2 Å². The zero-order chi connectivity index (χ0) is 31.8. The highest BCUT2D eigenvalue weighted by atomic mass is 32.1. The van der Waals surface area contributed by atoms with Crippen molar-refractivity contribution >= 4 is 40.3 Å². The maximum Gasteiger partial charge on any atom is 0.261 e. The summed E-state index contributed by atoms with van der Waals surface area (Å²) in [6.45, 7) is 12.5. The first kappa shape index (κ1) is 37.0. The van der Waals surface area contributed by atoms with Crippen LogP contribution in [-0.4, -0.2) is 55.3 Å². The van der Waals surface area contributed by atoms with Gasteiger partial charge in [-0.25, -0.2) is 11.4 Å². The second-order valence-corrected chi connectivity index (χ2v) is 12.0. The van der Waals surface area contributed by atoms with E-state index in [0.717, 1.165) is 23.3 Å². The Balaban J connectivity index is 0.00000135. The Bertz CT molecular complexity index is 1160. The molecule has 5 atom stereocenters. The largest absolute Gasteiger partial charge is 0.385 e. The number of amidine groups is 1. The Hall–Kier alpha value is -2.98. The molecule has 10 nitrogen and oxygen atoms in total. The van der Waals surface area contributed by atoms with Crippen LogP contribution in [0.1, 0.15) is 86.0 Å². The van der Waals surface area contributed by atoms with Gasteiger partial charge in [0, 0.05) is 37.5 Å². The number of hydrogen-bond donors (Lipinski definition) is 5. The van der Waals surface area contributed by atoms with Crippen LogP contribution in [0.15, 0.2) is 28.0 Å². The average Bonchev–Trinajstić information content (AvgIpc) is 3.38. The molecule has 1 aliphatic carbocycles. The molecule has 1 fully saturated rings. The summed E-state index contributed by atoms with van der Waals surface area (Å²) in [5, 5.41) is 21.8. The Morgan fingerprint density at radius 2 is 1.86 bits per heavy atom. The molecular weight excluding hydrogens is 569 g/mol. The predicted octanol–water partition coefficient (Wildman–Crippen LogP) is 4.20. The minimum atomic E-state index is -0.140. The van der Waals surface area contributed by atoms with Gasteiger partial charge in [0.1, 0.15) is 5.84 Å². The van der Waals surface area contributed by atoms with Crippen molar-refractivity contribution in [2.24, 2.45) is 28.5 Å². The summed E-state index contributed by atoms with van der Waals surface area (Å²) in [4.78, 5) is 28.3. The van der Waals surface area contributed by atoms with E-state index < -0.39 is 0 Å². The van der Waals surface area contributed by atoms with Gasteiger partial charge in [0.2, 0.25) is 5.91 Å². The van der Waals surface area contributed by atoms with Crippen LogP contribution in [0.2, 0.25) is 0 Å². The Morgan fingerprint density at radius 3 is 2.40 bits per heavy atom. The SMILES string of the molecule is CC.CCC#N.CNC(=O)c1cc(CCc2ccsc2C(C[C@@H](C)NCC(=O)N(C)C2C(C)[C@@H]2C)/C(N)=N/NN)cs1. The second kappa shape index (κ2) is 19.3.